The van der Waals surface area contributed by atoms with Crippen molar-refractivity contribution in [1.82, 2.24) is 10.3 Å². The van der Waals surface area contributed by atoms with Crippen LogP contribution in [-0.2, 0) is 0 Å². The lowest BCUT2D eigenvalue weighted by Crippen LogP contribution is -2.32. The fourth-order valence-corrected chi connectivity index (χ4v) is 2.77. The van der Waals surface area contributed by atoms with Crippen molar-refractivity contribution >= 4 is 28.4 Å². The third kappa shape index (κ3) is 4.48. The smallest absolute Gasteiger partial charge is 0.319 e. The van der Waals surface area contributed by atoms with E-state index in [1.54, 1.807) is 31.4 Å². The molecule has 0 fully saturated rings. The maximum atomic E-state index is 12.0. The third-order valence-electron chi connectivity index (χ3n) is 4.22. The minimum absolute atomic E-state index is 0.310. The molecule has 1 aromatic heterocycles. The number of nitrogens with zero attached hydrogens (tertiary/aromatic N) is 2. The Hall–Kier alpha value is -3.79. The fourth-order valence-electron chi connectivity index (χ4n) is 2.77. The molecule has 0 radical (unpaired) electrons. The first-order chi connectivity index (χ1) is 13.6. The quantitative estimate of drug-likeness (QED) is 0.571. The Morgan fingerprint density at radius 1 is 1.18 bits per heavy atom. The minimum atomic E-state index is -0.310. The molecule has 0 atom stereocenters. The highest BCUT2D eigenvalue weighted by atomic mass is 16.5. The number of urea groups is 1. The van der Waals surface area contributed by atoms with Crippen molar-refractivity contribution in [2.45, 2.75) is 6.92 Å². The number of ether oxygens (including phenoxy) is 1. The van der Waals surface area contributed by atoms with Gasteiger partial charge in [0.25, 0.3) is 0 Å². The minimum Gasteiger partial charge on any atom is -0.497 e. The van der Waals surface area contributed by atoms with E-state index in [2.05, 4.69) is 27.0 Å². The number of methoxy groups -OCH3 is 1. The maximum Gasteiger partial charge on any atom is 0.319 e. The molecule has 142 valence electrons. The first kappa shape index (κ1) is 19.0. The molecule has 3 aromatic rings. The summed E-state index contributed by atoms with van der Waals surface area (Å²) in [6, 6.07) is 16.6. The van der Waals surface area contributed by atoms with Crippen LogP contribution in [-0.4, -0.2) is 31.2 Å². The summed E-state index contributed by atoms with van der Waals surface area (Å²) < 4.78 is 5.08. The predicted octanol–water partition coefficient (Wildman–Crippen LogP) is 3.66. The van der Waals surface area contributed by atoms with Crippen LogP contribution < -0.4 is 20.7 Å². The highest BCUT2D eigenvalue weighted by Crippen LogP contribution is 2.22. The number of aromatic nitrogens is 1. The van der Waals surface area contributed by atoms with Gasteiger partial charge in [0.2, 0.25) is 0 Å². The average molecular weight is 375 g/mol. The largest absolute Gasteiger partial charge is 0.497 e. The molecule has 0 aliphatic rings. The van der Waals surface area contributed by atoms with Crippen molar-refractivity contribution in [3.63, 3.8) is 0 Å². The zero-order valence-electron chi connectivity index (χ0n) is 15.7. The van der Waals surface area contributed by atoms with Gasteiger partial charge < -0.3 is 20.7 Å². The number of rotatable bonds is 6. The van der Waals surface area contributed by atoms with Gasteiger partial charge in [0.15, 0.2) is 0 Å². The molecule has 3 rings (SSSR count). The topological polar surface area (TPSA) is 99.1 Å². The molecular formula is C21H21N5O2. The van der Waals surface area contributed by atoms with Crippen molar-refractivity contribution in [3.8, 4) is 11.8 Å². The second-order valence-corrected chi connectivity index (χ2v) is 6.18. The molecule has 3 N–H and O–H groups in total. The highest BCUT2D eigenvalue weighted by Gasteiger charge is 2.08. The number of amides is 2. The number of carbonyl (C=O) groups excluding carboxylic acids is 1. The Balaban J connectivity index is 1.55. The van der Waals surface area contributed by atoms with Gasteiger partial charge in [0, 0.05) is 24.2 Å². The first-order valence-corrected chi connectivity index (χ1v) is 8.84. The van der Waals surface area contributed by atoms with E-state index in [4.69, 9.17) is 4.74 Å². The van der Waals surface area contributed by atoms with E-state index >= 15 is 0 Å². The van der Waals surface area contributed by atoms with Gasteiger partial charge in [-0.05, 0) is 42.8 Å². The van der Waals surface area contributed by atoms with Gasteiger partial charge in [-0.2, -0.15) is 5.26 Å². The molecule has 0 saturated carbocycles. The van der Waals surface area contributed by atoms with Gasteiger partial charge >= 0.3 is 6.03 Å². The molecule has 2 aromatic carbocycles. The van der Waals surface area contributed by atoms with E-state index < -0.39 is 0 Å². The number of aryl methyl sites for hydroxylation is 1. The van der Waals surface area contributed by atoms with Crippen LogP contribution in [0.1, 0.15) is 11.1 Å². The molecule has 0 aliphatic heterocycles. The molecule has 0 aliphatic carbocycles. The van der Waals surface area contributed by atoms with Crippen LogP contribution in [0, 0.1) is 18.3 Å². The van der Waals surface area contributed by atoms with E-state index in [0.29, 0.717) is 30.2 Å². The number of nitriles is 1. The summed E-state index contributed by atoms with van der Waals surface area (Å²) in [4.78, 5) is 16.5. The second-order valence-electron chi connectivity index (χ2n) is 6.18. The van der Waals surface area contributed by atoms with Gasteiger partial charge in [0.05, 0.1) is 18.2 Å². The number of hydrogen-bond acceptors (Lipinski definition) is 5. The highest BCUT2D eigenvalue weighted by molar-refractivity contribution is 5.89. The summed E-state index contributed by atoms with van der Waals surface area (Å²) in [6.45, 7) is 2.80. The number of para-hydroxylation sites is 1. The monoisotopic (exact) mass is 375 g/mol. The molecule has 0 spiro atoms. The van der Waals surface area contributed by atoms with Crippen LogP contribution in [0.25, 0.3) is 10.9 Å². The zero-order valence-corrected chi connectivity index (χ0v) is 15.7. The lowest BCUT2D eigenvalue weighted by Gasteiger charge is -2.11. The standard InChI is InChI=1S/C21H21N5O2/c1-14-4-3-5-15-12-16(13-22)20(26-19(14)15)23-10-11-24-21(27)25-17-6-8-18(28-2)9-7-17/h3-9,12H,10-11H2,1-2H3,(H,23,26)(H2,24,25,27). The number of hydrogen-bond donors (Lipinski definition) is 3. The molecule has 0 bridgehead atoms. The predicted molar refractivity (Wildman–Crippen MR) is 110 cm³/mol. The van der Waals surface area contributed by atoms with E-state index in [0.717, 1.165) is 22.2 Å². The lowest BCUT2D eigenvalue weighted by atomic mass is 10.1. The van der Waals surface area contributed by atoms with E-state index in [-0.39, 0.29) is 6.03 Å². The van der Waals surface area contributed by atoms with E-state index in [1.165, 1.54) is 0 Å². The second kappa shape index (κ2) is 8.73. The molecule has 2 amide bonds. The number of fused-ring (bicyclic) bond motifs is 1. The van der Waals surface area contributed by atoms with Gasteiger partial charge in [-0.3, -0.25) is 0 Å². The number of carbonyl (C=O) groups is 1. The van der Waals surface area contributed by atoms with Crippen LogP contribution >= 0.6 is 0 Å². The van der Waals surface area contributed by atoms with Crippen LogP contribution in [0.4, 0.5) is 16.3 Å². The third-order valence-corrected chi connectivity index (χ3v) is 4.22. The number of nitrogens with one attached hydrogen (secondary N) is 3. The van der Waals surface area contributed by atoms with Gasteiger partial charge in [-0.25, -0.2) is 9.78 Å². The summed E-state index contributed by atoms with van der Waals surface area (Å²) in [7, 11) is 1.59. The van der Waals surface area contributed by atoms with Crippen molar-refractivity contribution in [1.29, 1.82) is 5.26 Å². The van der Waals surface area contributed by atoms with Crippen LogP contribution in [0.3, 0.4) is 0 Å². The van der Waals surface area contributed by atoms with Crippen molar-refractivity contribution in [3.05, 3.63) is 59.7 Å². The molecule has 1 heterocycles. The summed E-state index contributed by atoms with van der Waals surface area (Å²) in [5, 5.41) is 18.9. The summed E-state index contributed by atoms with van der Waals surface area (Å²) in [6.07, 6.45) is 0. The number of pyridine rings is 1. The van der Waals surface area contributed by atoms with Gasteiger partial charge in [-0.15, -0.1) is 0 Å². The Kier molecular flexibility index (Phi) is 5.92. The van der Waals surface area contributed by atoms with E-state index in [9.17, 15) is 10.1 Å². The van der Waals surface area contributed by atoms with Gasteiger partial charge in [0.1, 0.15) is 17.6 Å². The van der Waals surface area contributed by atoms with Crippen LogP contribution in [0.2, 0.25) is 0 Å². The van der Waals surface area contributed by atoms with Crippen LogP contribution in [0.15, 0.2) is 48.5 Å². The first-order valence-electron chi connectivity index (χ1n) is 8.84. The molecule has 0 saturated heterocycles. The Bertz CT molecular complexity index is 1030. The number of benzene rings is 2. The Morgan fingerprint density at radius 3 is 2.68 bits per heavy atom. The summed E-state index contributed by atoms with van der Waals surface area (Å²) in [5.74, 6) is 1.24. The normalized spacial score (nSPS) is 10.2. The van der Waals surface area contributed by atoms with Crippen LogP contribution in [0.5, 0.6) is 5.75 Å². The molecule has 0 unspecified atom stereocenters. The van der Waals surface area contributed by atoms with E-state index in [1.807, 2.05) is 31.2 Å². The maximum absolute atomic E-state index is 12.0. The van der Waals surface area contributed by atoms with Crippen molar-refractivity contribution in [2.24, 2.45) is 0 Å². The van der Waals surface area contributed by atoms with Gasteiger partial charge in [-0.1, -0.05) is 18.2 Å². The summed E-state index contributed by atoms with van der Waals surface area (Å²) in [5.41, 5.74) is 3.04. The van der Waals surface area contributed by atoms with Crippen molar-refractivity contribution < 1.29 is 9.53 Å². The fraction of sp³-hybridized carbons (Fsp3) is 0.190. The Labute approximate surface area is 163 Å². The SMILES string of the molecule is COc1ccc(NC(=O)NCCNc2nc3c(C)cccc3cc2C#N)cc1. The van der Waals surface area contributed by atoms with Crippen molar-refractivity contribution in [2.75, 3.05) is 30.8 Å². The molecular weight excluding hydrogens is 354 g/mol. The molecule has 28 heavy (non-hydrogen) atoms. The molecule has 7 nitrogen and oxygen atoms in total. The average Bonchev–Trinajstić information content (AvgIpc) is 2.71. The zero-order chi connectivity index (χ0) is 19.9. The summed E-state index contributed by atoms with van der Waals surface area (Å²) >= 11 is 0. The Morgan fingerprint density at radius 2 is 1.96 bits per heavy atom. The number of anilines is 2. The molecule has 7 heteroatoms. The lowest BCUT2D eigenvalue weighted by molar-refractivity contribution is 0.252.